The Kier molecular flexibility index (Phi) is 4.06. The van der Waals surface area contributed by atoms with Gasteiger partial charge in [0.1, 0.15) is 0 Å². The molecule has 0 aromatic carbocycles. The van der Waals surface area contributed by atoms with Crippen molar-refractivity contribution in [3.8, 4) is 0 Å². The van der Waals surface area contributed by atoms with Crippen molar-refractivity contribution < 1.29 is 9.53 Å². The average Bonchev–Trinajstić information content (AvgIpc) is 2.28. The lowest BCUT2D eigenvalue weighted by Gasteiger charge is -2.60. The largest absolute Gasteiger partial charge is 0.376 e. The van der Waals surface area contributed by atoms with Crippen LogP contribution >= 0.6 is 0 Å². The van der Waals surface area contributed by atoms with E-state index in [9.17, 15) is 4.79 Å². The first-order valence-corrected chi connectivity index (χ1v) is 8.88. The molecule has 21 heavy (non-hydrogen) atoms. The van der Waals surface area contributed by atoms with Gasteiger partial charge >= 0.3 is 0 Å². The number of ether oxygens (including phenoxy) is 1. The molecule has 3 fully saturated rings. The molecule has 120 valence electrons. The summed E-state index contributed by atoms with van der Waals surface area (Å²) in [5.74, 6) is 2.14. The number of hydrogen-bond acceptors (Lipinski definition) is 2. The molecule has 0 aromatic rings. The number of rotatable bonds is 5. The van der Waals surface area contributed by atoms with Gasteiger partial charge in [0.2, 0.25) is 5.91 Å². The fraction of sp³-hybridized carbons (Fsp3) is 0.944. The molecule has 3 rings (SSSR count). The van der Waals surface area contributed by atoms with Gasteiger partial charge in [-0.1, -0.05) is 20.3 Å². The number of carbonyl (C=O) groups is 1. The molecule has 1 amide bonds. The molecule has 0 N–H and O–H groups in total. The normalized spacial score (nSPS) is 32.5. The van der Waals surface area contributed by atoms with E-state index in [0.717, 1.165) is 32.4 Å². The van der Waals surface area contributed by atoms with E-state index in [-0.39, 0.29) is 0 Å². The summed E-state index contributed by atoms with van der Waals surface area (Å²) in [6, 6.07) is 0. The summed E-state index contributed by atoms with van der Waals surface area (Å²) in [6.45, 7) is 10.7. The van der Waals surface area contributed by atoms with Gasteiger partial charge in [-0.3, -0.25) is 4.79 Å². The molecule has 1 heterocycles. The van der Waals surface area contributed by atoms with Crippen LogP contribution in [0.5, 0.6) is 0 Å². The lowest BCUT2D eigenvalue weighted by atomic mass is 9.60. The van der Waals surface area contributed by atoms with Crippen LogP contribution in [-0.4, -0.2) is 36.1 Å². The molecule has 3 atom stereocenters. The first-order valence-electron chi connectivity index (χ1n) is 8.88. The highest BCUT2D eigenvalue weighted by Gasteiger charge is 2.55. The minimum absolute atomic E-state index is 0.330. The molecule has 1 saturated heterocycles. The Morgan fingerprint density at radius 2 is 1.90 bits per heavy atom. The number of hydrogen-bond donors (Lipinski definition) is 0. The predicted octanol–water partition coefficient (Wildman–Crippen LogP) is 3.47. The second kappa shape index (κ2) is 5.57. The number of amides is 1. The van der Waals surface area contributed by atoms with E-state index in [1.54, 1.807) is 0 Å². The summed E-state index contributed by atoms with van der Waals surface area (Å²) in [6.07, 6.45) is 6.68. The molecule has 0 radical (unpaired) electrons. The van der Waals surface area contributed by atoms with Crippen LogP contribution < -0.4 is 0 Å². The van der Waals surface area contributed by atoms with Crippen molar-refractivity contribution in [1.29, 1.82) is 0 Å². The van der Waals surface area contributed by atoms with Crippen LogP contribution in [0.4, 0.5) is 0 Å². The van der Waals surface area contributed by atoms with Gasteiger partial charge in [0, 0.05) is 24.4 Å². The molecule has 1 spiro atoms. The number of carbonyl (C=O) groups excluding carboxylic acids is 1. The SMILES string of the molecule is CCC(C)C1CCC1C(=O)N1CC2(CC(OC(C)C)C2)C1. The fourth-order valence-electron chi connectivity index (χ4n) is 4.62. The van der Waals surface area contributed by atoms with Crippen molar-refractivity contribution in [2.45, 2.75) is 72.0 Å². The third-order valence-electron chi connectivity index (χ3n) is 6.17. The van der Waals surface area contributed by atoms with E-state index in [4.69, 9.17) is 4.74 Å². The van der Waals surface area contributed by atoms with E-state index < -0.39 is 0 Å². The average molecular weight is 293 g/mol. The third kappa shape index (κ3) is 2.74. The molecule has 3 unspecified atom stereocenters. The Hall–Kier alpha value is -0.570. The van der Waals surface area contributed by atoms with Crippen molar-refractivity contribution in [2.24, 2.45) is 23.2 Å². The minimum atomic E-state index is 0.330. The van der Waals surface area contributed by atoms with Gasteiger partial charge in [0.25, 0.3) is 0 Å². The van der Waals surface area contributed by atoms with Gasteiger partial charge in [-0.15, -0.1) is 0 Å². The molecular weight excluding hydrogens is 262 g/mol. The van der Waals surface area contributed by atoms with Crippen molar-refractivity contribution in [1.82, 2.24) is 4.90 Å². The molecular formula is C18H31NO2. The van der Waals surface area contributed by atoms with Crippen molar-refractivity contribution in [3.63, 3.8) is 0 Å². The monoisotopic (exact) mass is 293 g/mol. The van der Waals surface area contributed by atoms with Gasteiger partial charge in [-0.05, 0) is 51.4 Å². The van der Waals surface area contributed by atoms with E-state index in [1.165, 1.54) is 12.8 Å². The fourth-order valence-corrected chi connectivity index (χ4v) is 4.62. The Morgan fingerprint density at radius 3 is 2.38 bits per heavy atom. The second-order valence-corrected chi connectivity index (χ2v) is 8.14. The Morgan fingerprint density at radius 1 is 1.24 bits per heavy atom. The molecule has 0 bridgehead atoms. The van der Waals surface area contributed by atoms with Crippen LogP contribution in [0.3, 0.4) is 0 Å². The third-order valence-corrected chi connectivity index (χ3v) is 6.17. The van der Waals surface area contributed by atoms with Gasteiger partial charge in [-0.25, -0.2) is 0 Å². The summed E-state index contributed by atoms with van der Waals surface area (Å²) in [7, 11) is 0. The van der Waals surface area contributed by atoms with E-state index in [1.807, 2.05) is 0 Å². The highest BCUT2D eigenvalue weighted by molar-refractivity contribution is 5.81. The second-order valence-electron chi connectivity index (χ2n) is 8.14. The Bertz CT molecular complexity index is 392. The lowest BCUT2D eigenvalue weighted by molar-refractivity contribution is -0.184. The minimum Gasteiger partial charge on any atom is -0.376 e. The summed E-state index contributed by atoms with van der Waals surface area (Å²) in [5, 5.41) is 0. The zero-order valence-corrected chi connectivity index (χ0v) is 14.1. The van der Waals surface area contributed by atoms with Crippen LogP contribution in [0, 0.1) is 23.2 Å². The van der Waals surface area contributed by atoms with Crippen LogP contribution in [0.2, 0.25) is 0 Å². The summed E-state index contributed by atoms with van der Waals surface area (Å²) in [5.41, 5.74) is 0.421. The van der Waals surface area contributed by atoms with E-state index in [0.29, 0.717) is 41.3 Å². The molecule has 3 aliphatic rings. The highest BCUT2D eigenvalue weighted by atomic mass is 16.5. The molecule has 0 aromatic heterocycles. The van der Waals surface area contributed by atoms with Crippen LogP contribution in [0.25, 0.3) is 0 Å². The quantitative estimate of drug-likeness (QED) is 0.776. The highest BCUT2D eigenvalue weighted by Crippen LogP contribution is 2.51. The molecule has 2 saturated carbocycles. The van der Waals surface area contributed by atoms with Crippen LogP contribution in [0.1, 0.15) is 59.8 Å². The van der Waals surface area contributed by atoms with Gasteiger partial charge in [0.05, 0.1) is 12.2 Å². The Labute approximate surface area is 129 Å². The van der Waals surface area contributed by atoms with Crippen molar-refractivity contribution in [3.05, 3.63) is 0 Å². The van der Waals surface area contributed by atoms with Gasteiger partial charge < -0.3 is 9.64 Å². The van der Waals surface area contributed by atoms with Crippen LogP contribution in [0.15, 0.2) is 0 Å². The van der Waals surface area contributed by atoms with E-state index >= 15 is 0 Å². The first-order chi connectivity index (χ1) is 9.94. The maximum absolute atomic E-state index is 12.6. The molecule has 3 heteroatoms. The lowest BCUT2D eigenvalue weighted by Crippen LogP contribution is -2.67. The standard InChI is InChI=1S/C18H31NO2/c1-5-13(4)15-6-7-16(15)17(20)19-10-18(11-19)8-14(9-18)21-12(2)3/h12-16H,5-11H2,1-4H3. The molecule has 3 nitrogen and oxygen atoms in total. The zero-order valence-electron chi connectivity index (χ0n) is 14.1. The van der Waals surface area contributed by atoms with Crippen LogP contribution in [-0.2, 0) is 9.53 Å². The van der Waals surface area contributed by atoms with Gasteiger partial charge in [-0.2, -0.15) is 0 Å². The topological polar surface area (TPSA) is 29.5 Å². The maximum atomic E-state index is 12.6. The molecule has 1 aliphatic heterocycles. The first kappa shape index (κ1) is 15.3. The molecule has 2 aliphatic carbocycles. The van der Waals surface area contributed by atoms with Crippen molar-refractivity contribution >= 4 is 5.91 Å². The van der Waals surface area contributed by atoms with Gasteiger partial charge in [0.15, 0.2) is 0 Å². The Balaban J connectivity index is 1.44. The summed E-state index contributed by atoms with van der Waals surface area (Å²) >= 11 is 0. The maximum Gasteiger partial charge on any atom is 0.226 e. The zero-order chi connectivity index (χ0) is 15.2. The number of likely N-dealkylation sites (tertiary alicyclic amines) is 1. The smallest absolute Gasteiger partial charge is 0.226 e. The van der Waals surface area contributed by atoms with Crippen molar-refractivity contribution in [2.75, 3.05) is 13.1 Å². The summed E-state index contributed by atoms with van der Waals surface area (Å²) in [4.78, 5) is 14.7. The van der Waals surface area contributed by atoms with E-state index in [2.05, 4.69) is 32.6 Å². The number of nitrogens with zero attached hydrogens (tertiary/aromatic N) is 1. The predicted molar refractivity (Wildman–Crippen MR) is 83.9 cm³/mol. The summed E-state index contributed by atoms with van der Waals surface area (Å²) < 4.78 is 5.85.